The molecule has 212 valence electrons. The van der Waals surface area contributed by atoms with Crippen LogP contribution in [0.25, 0.3) is 0 Å². The molecule has 0 bridgehead atoms. The molecule has 0 saturated carbocycles. The van der Waals surface area contributed by atoms with E-state index in [0.29, 0.717) is 30.9 Å². The van der Waals surface area contributed by atoms with Gasteiger partial charge in [-0.25, -0.2) is 9.18 Å². The second-order valence-electron chi connectivity index (χ2n) is 11.3. The molecule has 0 aromatic heterocycles. The summed E-state index contributed by atoms with van der Waals surface area (Å²) < 4.78 is 25.3. The van der Waals surface area contributed by atoms with E-state index in [-0.39, 0.29) is 29.8 Å². The predicted molar refractivity (Wildman–Crippen MR) is 154 cm³/mol. The average Bonchev–Trinajstić information content (AvgIpc) is 2.92. The lowest BCUT2D eigenvalue weighted by atomic mass is 9.98. The molecule has 0 radical (unpaired) electrons. The minimum Gasteiger partial charge on any atom is -0.457 e. The van der Waals surface area contributed by atoms with Crippen molar-refractivity contribution in [2.45, 2.75) is 52.3 Å². The summed E-state index contributed by atoms with van der Waals surface area (Å²) in [6.45, 7) is 10.7. The highest BCUT2D eigenvalue weighted by molar-refractivity contribution is 5.86. The number of amides is 2. The number of nitrogens with zero attached hydrogens (tertiary/aromatic N) is 2. The molecule has 1 aliphatic heterocycles. The van der Waals surface area contributed by atoms with Gasteiger partial charge in [0.05, 0.1) is 6.04 Å². The number of hydrogen-bond acceptors (Lipinski definition) is 5. The maximum atomic E-state index is 14.0. The lowest BCUT2D eigenvalue weighted by Gasteiger charge is -2.44. The zero-order chi connectivity index (χ0) is 28.9. The summed E-state index contributed by atoms with van der Waals surface area (Å²) in [4.78, 5) is 30.4. The number of para-hydroxylation sites is 1. The summed E-state index contributed by atoms with van der Waals surface area (Å²) in [5, 5.41) is 3.34. The van der Waals surface area contributed by atoms with E-state index >= 15 is 0 Å². The van der Waals surface area contributed by atoms with Gasteiger partial charge in [0.15, 0.2) is 0 Å². The standard InChI is InChI=1S/C32H38FN3O4/c1-22(2)28-21-35(19-20-36(28)31(38)40-32(3,4)5)30(37)29(23-11-13-24(33)14-12-23)34-25-15-17-27(18-16-25)39-26-9-7-6-8-10-26/h6-18,22,28-29,34H,19-21H2,1-5H3/t28-,29?/m0/s1. The van der Waals surface area contributed by atoms with Crippen LogP contribution in [0.4, 0.5) is 14.9 Å². The molecule has 0 spiro atoms. The molecule has 3 aromatic rings. The predicted octanol–water partition coefficient (Wildman–Crippen LogP) is 6.88. The van der Waals surface area contributed by atoms with Crippen molar-refractivity contribution in [1.82, 2.24) is 9.80 Å². The van der Waals surface area contributed by atoms with E-state index in [1.807, 2.05) is 89.2 Å². The minimum absolute atomic E-state index is 0.109. The van der Waals surface area contributed by atoms with Crippen molar-refractivity contribution in [2.24, 2.45) is 5.92 Å². The second-order valence-corrected chi connectivity index (χ2v) is 11.3. The molecule has 40 heavy (non-hydrogen) atoms. The third kappa shape index (κ3) is 7.52. The Morgan fingerprint density at radius 1 is 0.900 bits per heavy atom. The molecule has 8 heteroatoms. The maximum absolute atomic E-state index is 14.0. The van der Waals surface area contributed by atoms with Crippen molar-refractivity contribution in [2.75, 3.05) is 25.0 Å². The third-order valence-electron chi connectivity index (χ3n) is 6.72. The number of rotatable bonds is 7. The van der Waals surface area contributed by atoms with Crippen molar-refractivity contribution in [3.8, 4) is 11.5 Å². The van der Waals surface area contributed by atoms with Crippen molar-refractivity contribution >= 4 is 17.7 Å². The monoisotopic (exact) mass is 547 g/mol. The maximum Gasteiger partial charge on any atom is 0.410 e. The van der Waals surface area contributed by atoms with Gasteiger partial charge in [-0.15, -0.1) is 0 Å². The number of halogens is 1. The van der Waals surface area contributed by atoms with Gasteiger partial charge in [0, 0.05) is 25.3 Å². The van der Waals surface area contributed by atoms with Crippen molar-refractivity contribution in [3.05, 3.63) is 90.2 Å². The highest BCUT2D eigenvalue weighted by Crippen LogP contribution is 2.28. The molecular weight excluding hydrogens is 509 g/mol. The van der Waals surface area contributed by atoms with Crippen LogP contribution in [0.1, 0.15) is 46.2 Å². The second kappa shape index (κ2) is 12.4. The van der Waals surface area contributed by atoms with Crippen molar-refractivity contribution in [3.63, 3.8) is 0 Å². The van der Waals surface area contributed by atoms with Crippen LogP contribution in [-0.2, 0) is 9.53 Å². The molecule has 7 nitrogen and oxygen atoms in total. The fourth-order valence-electron chi connectivity index (χ4n) is 4.66. The molecule has 1 unspecified atom stereocenters. The van der Waals surface area contributed by atoms with Crippen molar-refractivity contribution < 1.29 is 23.5 Å². The number of piperazine rings is 1. The minimum atomic E-state index is -0.748. The summed E-state index contributed by atoms with van der Waals surface area (Å²) in [7, 11) is 0. The summed E-state index contributed by atoms with van der Waals surface area (Å²) in [5.41, 5.74) is 0.757. The first kappa shape index (κ1) is 28.9. The first-order valence-electron chi connectivity index (χ1n) is 13.6. The SMILES string of the molecule is CC(C)[C@@H]1CN(C(=O)C(Nc2ccc(Oc3ccccc3)cc2)c2ccc(F)cc2)CCN1C(=O)OC(C)(C)C. The van der Waals surface area contributed by atoms with Gasteiger partial charge in [-0.2, -0.15) is 0 Å². The number of carbonyl (C=O) groups excluding carboxylic acids is 2. The highest BCUT2D eigenvalue weighted by atomic mass is 19.1. The molecule has 1 saturated heterocycles. The fourth-order valence-corrected chi connectivity index (χ4v) is 4.66. The highest BCUT2D eigenvalue weighted by Gasteiger charge is 2.38. The lowest BCUT2D eigenvalue weighted by molar-refractivity contribution is -0.135. The smallest absolute Gasteiger partial charge is 0.410 e. The molecule has 3 aromatic carbocycles. The van der Waals surface area contributed by atoms with Crippen LogP contribution in [0.2, 0.25) is 0 Å². The van der Waals surface area contributed by atoms with Crippen LogP contribution >= 0.6 is 0 Å². The van der Waals surface area contributed by atoms with Gasteiger partial charge in [0.2, 0.25) is 5.91 Å². The van der Waals surface area contributed by atoms with E-state index in [9.17, 15) is 14.0 Å². The van der Waals surface area contributed by atoms with E-state index in [0.717, 1.165) is 11.4 Å². The Hall–Kier alpha value is -4.07. The number of carbonyl (C=O) groups is 2. The summed E-state index contributed by atoms with van der Waals surface area (Å²) >= 11 is 0. The average molecular weight is 548 g/mol. The molecule has 4 rings (SSSR count). The van der Waals surface area contributed by atoms with Gasteiger partial charge >= 0.3 is 6.09 Å². The van der Waals surface area contributed by atoms with Crippen molar-refractivity contribution in [1.29, 1.82) is 0 Å². The van der Waals surface area contributed by atoms with Crippen LogP contribution in [0.3, 0.4) is 0 Å². The quantitative estimate of drug-likeness (QED) is 0.349. The number of anilines is 1. The van der Waals surface area contributed by atoms with Gasteiger partial charge in [0.1, 0.15) is 29.0 Å². The molecule has 1 fully saturated rings. The van der Waals surface area contributed by atoms with Gasteiger partial charge in [-0.3, -0.25) is 4.79 Å². The Morgan fingerprint density at radius 3 is 2.12 bits per heavy atom. The van der Waals surface area contributed by atoms with Crippen LogP contribution < -0.4 is 10.1 Å². The third-order valence-corrected chi connectivity index (χ3v) is 6.72. The largest absolute Gasteiger partial charge is 0.457 e. The van der Waals surface area contributed by atoms with Crippen LogP contribution in [0.15, 0.2) is 78.9 Å². The van der Waals surface area contributed by atoms with E-state index < -0.39 is 11.6 Å². The lowest BCUT2D eigenvalue weighted by Crippen LogP contribution is -2.59. The number of benzene rings is 3. The summed E-state index contributed by atoms with van der Waals surface area (Å²) in [6, 6.07) is 21.8. The Labute approximate surface area is 235 Å². The van der Waals surface area contributed by atoms with Crippen LogP contribution in [0.5, 0.6) is 11.5 Å². The Kier molecular flexibility index (Phi) is 8.97. The summed E-state index contributed by atoms with van der Waals surface area (Å²) in [5.74, 6) is 0.985. The van der Waals surface area contributed by atoms with Crippen LogP contribution in [0, 0.1) is 11.7 Å². The normalized spacial score (nSPS) is 16.4. The summed E-state index contributed by atoms with van der Waals surface area (Å²) in [6.07, 6.45) is -0.371. The first-order chi connectivity index (χ1) is 19.0. The molecular formula is C32H38FN3O4. The van der Waals surface area contributed by atoms with E-state index in [1.165, 1.54) is 12.1 Å². The van der Waals surface area contributed by atoms with E-state index in [1.54, 1.807) is 21.9 Å². The molecule has 1 heterocycles. The molecule has 0 aliphatic carbocycles. The topological polar surface area (TPSA) is 71.1 Å². The van der Waals surface area contributed by atoms with Gasteiger partial charge in [-0.1, -0.05) is 44.2 Å². The molecule has 2 atom stereocenters. The van der Waals surface area contributed by atoms with E-state index in [4.69, 9.17) is 9.47 Å². The number of hydrogen-bond donors (Lipinski definition) is 1. The zero-order valence-electron chi connectivity index (χ0n) is 23.8. The van der Waals surface area contributed by atoms with Gasteiger partial charge in [-0.05, 0) is 80.8 Å². The molecule has 2 amide bonds. The number of ether oxygens (including phenoxy) is 2. The Balaban J connectivity index is 1.52. The first-order valence-corrected chi connectivity index (χ1v) is 13.6. The molecule has 1 aliphatic rings. The number of nitrogens with one attached hydrogen (secondary N) is 1. The van der Waals surface area contributed by atoms with Gasteiger partial charge < -0.3 is 24.6 Å². The van der Waals surface area contributed by atoms with E-state index in [2.05, 4.69) is 5.32 Å². The molecule has 1 N–H and O–H groups in total. The zero-order valence-corrected chi connectivity index (χ0v) is 23.8. The Morgan fingerprint density at radius 2 is 1.52 bits per heavy atom. The fraction of sp³-hybridized carbons (Fsp3) is 0.375. The Bertz CT molecular complexity index is 1270. The van der Waals surface area contributed by atoms with Crippen LogP contribution in [-0.4, -0.2) is 53.1 Å². The van der Waals surface area contributed by atoms with Gasteiger partial charge in [0.25, 0.3) is 0 Å².